The van der Waals surface area contributed by atoms with Crippen molar-refractivity contribution in [3.8, 4) is 0 Å². The van der Waals surface area contributed by atoms with Crippen LogP contribution in [0.5, 0.6) is 0 Å². The van der Waals surface area contributed by atoms with E-state index in [-0.39, 0.29) is 7.12 Å². The SMILES string of the molecule is CCC(C)B1OCCCO1. The number of hydrogen-bond acceptors (Lipinski definition) is 2. The summed E-state index contributed by atoms with van der Waals surface area (Å²) in [4.78, 5) is 0. The maximum absolute atomic E-state index is 5.41. The molecule has 58 valence electrons. The van der Waals surface area contributed by atoms with E-state index in [1.54, 1.807) is 0 Å². The van der Waals surface area contributed by atoms with Crippen LogP contribution in [0.2, 0.25) is 5.82 Å². The molecule has 10 heavy (non-hydrogen) atoms. The van der Waals surface area contributed by atoms with Gasteiger partial charge >= 0.3 is 7.12 Å². The standard InChI is InChI=1S/C7H15BO2/c1-3-7(2)8-9-5-4-6-10-8/h7H,3-6H2,1-2H3. The van der Waals surface area contributed by atoms with E-state index in [2.05, 4.69) is 13.8 Å². The summed E-state index contributed by atoms with van der Waals surface area (Å²) < 4.78 is 10.8. The van der Waals surface area contributed by atoms with Gasteiger partial charge in [-0.15, -0.1) is 0 Å². The van der Waals surface area contributed by atoms with Crippen LogP contribution in [-0.2, 0) is 9.31 Å². The number of hydrogen-bond donors (Lipinski definition) is 0. The summed E-state index contributed by atoms with van der Waals surface area (Å²) in [5.74, 6) is 0.542. The van der Waals surface area contributed by atoms with Crippen molar-refractivity contribution in [2.75, 3.05) is 13.2 Å². The zero-order chi connectivity index (χ0) is 7.40. The van der Waals surface area contributed by atoms with Crippen molar-refractivity contribution in [3.05, 3.63) is 0 Å². The zero-order valence-electron chi connectivity index (χ0n) is 6.80. The van der Waals surface area contributed by atoms with Crippen molar-refractivity contribution in [2.24, 2.45) is 0 Å². The molecule has 1 aliphatic rings. The molecule has 2 nitrogen and oxygen atoms in total. The van der Waals surface area contributed by atoms with Gasteiger partial charge in [-0.1, -0.05) is 20.3 Å². The summed E-state index contributed by atoms with van der Waals surface area (Å²) in [7, 11) is 0.0683. The molecule has 3 heteroatoms. The lowest BCUT2D eigenvalue weighted by atomic mass is 9.71. The van der Waals surface area contributed by atoms with E-state index in [1.165, 1.54) is 0 Å². The molecule has 0 spiro atoms. The topological polar surface area (TPSA) is 18.5 Å². The van der Waals surface area contributed by atoms with Crippen LogP contribution in [0.4, 0.5) is 0 Å². The quantitative estimate of drug-likeness (QED) is 0.546. The summed E-state index contributed by atoms with van der Waals surface area (Å²) >= 11 is 0. The fourth-order valence-electron chi connectivity index (χ4n) is 1.03. The third-order valence-electron chi connectivity index (χ3n) is 1.96. The molecule has 1 saturated heterocycles. The highest BCUT2D eigenvalue weighted by Crippen LogP contribution is 2.18. The molecule has 0 radical (unpaired) electrons. The van der Waals surface area contributed by atoms with E-state index in [0.717, 1.165) is 26.1 Å². The van der Waals surface area contributed by atoms with Crippen LogP contribution < -0.4 is 0 Å². The van der Waals surface area contributed by atoms with Crippen molar-refractivity contribution in [2.45, 2.75) is 32.5 Å². The second kappa shape index (κ2) is 3.99. The summed E-state index contributed by atoms with van der Waals surface area (Å²) in [6.07, 6.45) is 2.18. The fourth-order valence-corrected chi connectivity index (χ4v) is 1.03. The van der Waals surface area contributed by atoms with Crippen molar-refractivity contribution < 1.29 is 9.31 Å². The van der Waals surface area contributed by atoms with Crippen LogP contribution in [0.25, 0.3) is 0 Å². The van der Waals surface area contributed by atoms with Gasteiger partial charge in [0.05, 0.1) is 0 Å². The minimum Gasteiger partial charge on any atom is -0.411 e. The molecule has 1 fully saturated rings. The monoisotopic (exact) mass is 142 g/mol. The van der Waals surface area contributed by atoms with Crippen LogP contribution >= 0.6 is 0 Å². The molecular weight excluding hydrogens is 127 g/mol. The lowest BCUT2D eigenvalue weighted by Crippen LogP contribution is -2.32. The van der Waals surface area contributed by atoms with E-state index < -0.39 is 0 Å². The normalized spacial score (nSPS) is 22.8. The van der Waals surface area contributed by atoms with Crippen molar-refractivity contribution >= 4 is 7.12 Å². The number of rotatable bonds is 2. The third-order valence-corrected chi connectivity index (χ3v) is 1.96. The van der Waals surface area contributed by atoms with Gasteiger partial charge in [0.2, 0.25) is 0 Å². The van der Waals surface area contributed by atoms with Crippen LogP contribution in [0, 0.1) is 0 Å². The van der Waals surface area contributed by atoms with Gasteiger partial charge in [0.15, 0.2) is 0 Å². The van der Waals surface area contributed by atoms with Gasteiger partial charge in [0.1, 0.15) is 0 Å². The molecular formula is C7H15BO2. The van der Waals surface area contributed by atoms with Crippen LogP contribution in [0.1, 0.15) is 26.7 Å². The fraction of sp³-hybridized carbons (Fsp3) is 1.00. The van der Waals surface area contributed by atoms with Gasteiger partial charge in [-0.3, -0.25) is 0 Å². The molecule has 1 unspecified atom stereocenters. The molecule has 1 atom stereocenters. The third kappa shape index (κ3) is 1.99. The molecule has 0 bridgehead atoms. The average Bonchev–Trinajstić information content (AvgIpc) is 2.05. The first-order chi connectivity index (χ1) is 4.84. The predicted molar refractivity (Wildman–Crippen MR) is 42.0 cm³/mol. The van der Waals surface area contributed by atoms with E-state index in [9.17, 15) is 0 Å². The maximum atomic E-state index is 5.41. The first kappa shape index (κ1) is 8.09. The first-order valence-corrected chi connectivity index (χ1v) is 4.07. The van der Waals surface area contributed by atoms with Gasteiger partial charge in [-0.25, -0.2) is 0 Å². The van der Waals surface area contributed by atoms with Crippen molar-refractivity contribution in [3.63, 3.8) is 0 Å². The minimum absolute atomic E-state index is 0.0683. The average molecular weight is 142 g/mol. The van der Waals surface area contributed by atoms with Crippen LogP contribution in [0.3, 0.4) is 0 Å². The Labute approximate surface area is 63.0 Å². The Morgan fingerprint density at radius 3 is 2.50 bits per heavy atom. The Morgan fingerprint density at radius 2 is 2.00 bits per heavy atom. The summed E-state index contributed by atoms with van der Waals surface area (Å²) in [6.45, 7) is 6.06. The van der Waals surface area contributed by atoms with Gasteiger partial charge in [0.25, 0.3) is 0 Å². The molecule has 0 aromatic carbocycles. The first-order valence-electron chi connectivity index (χ1n) is 4.07. The second-order valence-corrected chi connectivity index (χ2v) is 2.85. The predicted octanol–water partition coefficient (Wildman–Crippen LogP) is 1.71. The lowest BCUT2D eigenvalue weighted by Gasteiger charge is -2.23. The molecule has 0 aromatic heterocycles. The summed E-state index contributed by atoms with van der Waals surface area (Å²) in [5, 5.41) is 0. The molecule has 0 aliphatic carbocycles. The molecule has 1 aliphatic heterocycles. The van der Waals surface area contributed by atoms with Crippen LogP contribution in [0.15, 0.2) is 0 Å². The van der Waals surface area contributed by atoms with E-state index in [1.807, 2.05) is 0 Å². The highest BCUT2D eigenvalue weighted by Gasteiger charge is 2.27. The second-order valence-electron chi connectivity index (χ2n) is 2.85. The van der Waals surface area contributed by atoms with Crippen molar-refractivity contribution in [1.82, 2.24) is 0 Å². The van der Waals surface area contributed by atoms with E-state index >= 15 is 0 Å². The maximum Gasteiger partial charge on any atom is 0.459 e. The highest BCUT2D eigenvalue weighted by molar-refractivity contribution is 6.46. The Balaban J connectivity index is 2.24. The highest BCUT2D eigenvalue weighted by atomic mass is 16.6. The van der Waals surface area contributed by atoms with Gasteiger partial charge < -0.3 is 9.31 Å². The molecule has 0 saturated carbocycles. The molecule has 1 rings (SSSR count). The minimum atomic E-state index is 0.0683. The van der Waals surface area contributed by atoms with Gasteiger partial charge in [0, 0.05) is 13.2 Å². The van der Waals surface area contributed by atoms with Crippen molar-refractivity contribution in [1.29, 1.82) is 0 Å². The molecule has 0 aromatic rings. The largest absolute Gasteiger partial charge is 0.459 e. The molecule has 0 amide bonds. The smallest absolute Gasteiger partial charge is 0.411 e. The summed E-state index contributed by atoms with van der Waals surface area (Å²) in [5.41, 5.74) is 0. The van der Waals surface area contributed by atoms with E-state index in [0.29, 0.717) is 5.82 Å². The molecule has 1 heterocycles. The Kier molecular flexibility index (Phi) is 3.22. The Hall–Kier alpha value is -0.0151. The zero-order valence-corrected chi connectivity index (χ0v) is 6.80. The van der Waals surface area contributed by atoms with Crippen LogP contribution in [-0.4, -0.2) is 20.3 Å². The van der Waals surface area contributed by atoms with Gasteiger partial charge in [-0.05, 0) is 12.2 Å². The molecule has 0 N–H and O–H groups in total. The Morgan fingerprint density at radius 1 is 1.40 bits per heavy atom. The van der Waals surface area contributed by atoms with E-state index in [4.69, 9.17) is 9.31 Å². The van der Waals surface area contributed by atoms with Gasteiger partial charge in [-0.2, -0.15) is 0 Å². The Bertz CT molecular complexity index is 91.6. The summed E-state index contributed by atoms with van der Waals surface area (Å²) in [6, 6.07) is 0. The lowest BCUT2D eigenvalue weighted by molar-refractivity contribution is 0.127.